The van der Waals surface area contributed by atoms with E-state index in [0.29, 0.717) is 79.9 Å². The molecular formula is C120H120F7N7O12. The Balaban J connectivity index is 0.000000177. The Morgan fingerprint density at radius 3 is 1.16 bits per heavy atom. The number of methoxy groups -OCH3 is 1. The number of hydrogen-bond acceptors (Lipinski definition) is 16. The lowest BCUT2D eigenvalue weighted by Crippen LogP contribution is -2.33. The molecule has 13 aromatic carbocycles. The fraction of sp³-hybridized carbons (Fsp3) is 0.308. The number of ketones is 2. The van der Waals surface area contributed by atoms with Gasteiger partial charge in [0.2, 0.25) is 0 Å². The quantitative estimate of drug-likeness (QED) is 0.0117. The van der Waals surface area contributed by atoms with Crippen LogP contribution in [0.15, 0.2) is 240 Å². The molecule has 0 N–H and O–H groups in total. The van der Waals surface area contributed by atoms with Gasteiger partial charge in [-0.1, -0.05) is 184 Å². The van der Waals surface area contributed by atoms with Crippen molar-refractivity contribution >= 4 is 134 Å². The van der Waals surface area contributed by atoms with Crippen molar-refractivity contribution in [2.75, 3.05) is 26.9 Å². The van der Waals surface area contributed by atoms with E-state index < -0.39 is 49.6 Å². The van der Waals surface area contributed by atoms with Gasteiger partial charge in [-0.2, -0.15) is 27.2 Å². The van der Waals surface area contributed by atoms with Crippen LogP contribution in [0.5, 0.6) is 17.2 Å². The topological polar surface area (TPSA) is 226 Å². The molecule has 0 aliphatic heterocycles. The van der Waals surface area contributed by atoms with Crippen LogP contribution in [-0.2, 0) is 53.3 Å². The fourth-order valence-corrected chi connectivity index (χ4v) is 19.8. The van der Waals surface area contributed by atoms with Crippen LogP contribution in [0.3, 0.4) is 0 Å². The minimum absolute atomic E-state index is 0.0399. The number of nitrogens with zero attached hydrogens (tertiary/aromatic N) is 7. The molecule has 16 rings (SSSR count). The number of unbranched alkanes of at least 4 members (excludes halogenated alkanes) is 2. The molecule has 0 bridgehead atoms. The molecule has 3 aromatic heterocycles. The molecule has 26 heteroatoms. The normalized spacial score (nSPS) is 12.8. The molecule has 3 atom stereocenters. The first-order chi connectivity index (χ1) is 69.9. The second-order valence-electron chi connectivity index (χ2n) is 37.5. The highest BCUT2D eigenvalue weighted by atomic mass is 19.4. The van der Waals surface area contributed by atoms with Gasteiger partial charge < -0.3 is 47.2 Å². The van der Waals surface area contributed by atoms with Crippen LogP contribution in [0.1, 0.15) is 223 Å². The monoisotopic (exact) mass is 1980 g/mol. The van der Waals surface area contributed by atoms with Crippen LogP contribution in [0, 0.1) is 71.6 Å². The highest BCUT2D eigenvalue weighted by Crippen LogP contribution is 2.44. The SMILES string of the molecule is CCCCC(CC)Cn1c2ccc(/C(=N\OC(C)=O)c3ccc(OCC(F)(F)C(F)F)cc3)cc2c2cc(C(=O)c3c(C)cc(C)cc3C)c3ccccc3c21.CCCCC(CC)Cn1c2ccc(/C(=N\OC(C)=O)c3ccc(OCC(F)(F)F)cc3)cc2c2cc(C(=O)c3c(C)cc(C)cc3C)c3ccccc3c21.CCn1c2ccc(C#N)cc2c2cc(/C(=N\OC(C)=O)c3ccc(OC(C)COC)cc3C)ccc21. The summed E-state index contributed by atoms with van der Waals surface area (Å²) in [6, 6.07) is 71.6. The van der Waals surface area contributed by atoms with Gasteiger partial charge in [-0.25, -0.2) is 23.2 Å². The highest BCUT2D eigenvalue weighted by Gasteiger charge is 2.42. The fourth-order valence-electron chi connectivity index (χ4n) is 19.8. The number of rotatable bonds is 36. The molecule has 756 valence electrons. The van der Waals surface area contributed by atoms with E-state index >= 15 is 0 Å². The first kappa shape index (κ1) is 107. The average Bonchev–Trinajstić information content (AvgIpc) is 1.57. The molecule has 16 aromatic rings. The minimum atomic E-state index is -4.48. The van der Waals surface area contributed by atoms with E-state index in [0.717, 1.165) is 214 Å². The maximum Gasteiger partial charge on any atom is 0.422 e. The Morgan fingerprint density at radius 1 is 0.404 bits per heavy atom. The number of carbonyl (C=O) groups is 5. The molecule has 0 fully saturated rings. The summed E-state index contributed by atoms with van der Waals surface area (Å²) < 4.78 is 119. The summed E-state index contributed by atoms with van der Waals surface area (Å²) in [6.45, 7) is 30.5. The lowest BCUT2D eigenvalue weighted by molar-refractivity contribution is -0.153. The first-order valence-electron chi connectivity index (χ1n) is 49.3. The number of aromatic nitrogens is 3. The lowest BCUT2D eigenvalue weighted by atomic mass is 9.89. The number of ether oxygens (including phenoxy) is 4. The van der Waals surface area contributed by atoms with Crippen LogP contribution in [0.4, 0.5) is 30.7 Å². The Labute approximate surface area is 844 Å². The number of benzene rings is 13. The van der Waals surface area contributed by atoms with Crippen LogP contribution < -0.4 is 14.2 Å². The second kappa shape index (κ2) is 46.7. The van der Waals surface area contributed by atoms with Crippen molar-refractivity contribution in [1.29, 1.82) is 5.26 Å². The molecule has 0 radical (unpaired) electrons. The van der Waals surface area contributed by atoms with Gasteiger partial charge >= 0.3 is 36.4 Å². The van der Waals surface area contributed by atoms with Crippen molar-refractivity contribution in [3.63, 3.8) is 0 Å². The number of aryl methyl sites for hydroxylation is 8. The number of carbonyl (C=O) groups excluding carboxylic acids is 5. The van der Waals surface area contributed by atoms with Gasteiger partial charge in [0.1, 0.15) is 40.5 Å². The summed E-state index contributed by atoms with van der Waals surface area (Å²) in [5, 5.41) is 31.3. The molecule has 0 aliphatic carbocycles. The Morgan fingerprint density at radius 2 is 0.781 bits per heavy atom. The van der Waals surface area contributed by atoms with E-state index in [9.17, 15) is 60.0 Å². The number of nitriles is 1. The third-order valence-electron chi connectivity index (χ3n) is 26.5. The molecule has 0 saturated heterocycles. The van der Waals surface area contributed by atoms with E-state index in [-0.39, 0.29) is 34.9 Å². The van der Waals surface area contributed by atoms with Gasteiger partial charge in [0.15, 0.2) is 24.8 Å². The highest BCUT2D eigenvalue weighted by molar-refractivity contribution is 6.29. The summed E-state index contributed by atoms with van der Waals surface area (Å²) in [4.78, 5) is 80.3. The summed E-state index contributed by atoms with van der Waals surface area (Å²) in [5.41, 5.74) is 21.0. The zero-order valence-corrected chi connectivity index (χ0v) is 85.2. The molecule has 0 saturated carbocycles. The summed E-state index contributed by atoms with van der Waals surface area (Å²) >= 11 is 0. The number of halogens is 7. The Kier molecular flexibility index (Phi) is 34.1. The van der Waals surface area contributed by atoms with Crippen LogP contribution in [-0.4, -0.2) is 112 Å². The van der Waals surface area contributed by atoms with Crippen LogP contribution in [0.2, 0.25) is 0 Å². The third-order valence-corrected chi connectivity index (χ3v) is 26.5. The van der Waals surface area contributed by atoms with Gasteiger partial charge in [0.25, 0.3) is 0 Å². The Hall–Kier alpha value is -15.1. The largest absolute Gasteiger partial charge is 0.488 e. The molecule has 19 nitrogen and oxygen atoms in total. The summed E-state index contributed by atoms with van der Waals surface area (Å²) in [6.07, 6.45) is 0.199. The van der Waals surface area contributed by atoms with Crippen molar-refractivity contribution in [2.24, 2.45) is 27.3 Å². The van der Waals surface area contributed by atoms with Crippen molar-refractivity contribution < 1.29 is 88.2 Å². The average molecular weight is 1990 g/mol. The first-order valence-corrected chi connectivity index (χ1v) is 49.3. The summed E-state index contributed by atoms with van der Waals surface area (Å²) in [5.74, 6) is -4.62. The minimum Gasteiger partial charge on any atom is -0.488 e. The third kappa shape index (κ3) is 24.1. The van der Waals surface area contributed by atoms with Crippen molar-refractivity contribution in [1.82, 2.24) is 13.7 Å². The van der Waals surface area contributed by atoms with E-state index in [1.807, 2.05) is 219 Å². The zero-order chi connectivity index (χ0) is 105. The molecule has 0 amide bonds. The van der Waals surface area contributed by atoms with E-state index in [4.69, 9.17) is 33.5 Å². The maximum absolute atomic E-state index is 14.7. The van der Waals surface area contributed by atoms with E-state index in [1.165, 1.54) is 57.2 Å². The smallest absolute Gasteiger partial charge is 0.422 e. The number of oxime groups is 3. The van der Waals surface area contributed by atoms with Gasteiger partial charge in [0, 0.05) is 168 Å². The lowest BCUT2D eigenvalue weighted by Gasteiger charge is -2.19. The number of fused-ring (bicyclic) bond motifs is 13. The van der Waals surface area contributed by atoms with E-state index in [2.05, 4.69) is 82.0 Å². The second-order valence-corrected chi connectivity index (χ2v) is 37.5. The number of hydrogen-bond donors (Lipinski definition) is 0. The van der Waals surface area contributed by atoms with Crippen LogP contribution >= 0.6 is 0 Å². The zero-order valence-electron chi connectivity index (χ0n) is 85.2. The maximum atomic E-state index is 14.7. The van der Waals surface area contributed by atoms with Gasteiger partial charge in [0.05, 0.1) is 29.3 Å². The molecule has 146 heavy (non-hydrogen) atoms. The van der Waals surface area contributed by atoms with Gasteiger partial charge in [-0.05, 0) is 259 Å². The van der Waals surface area contributed by atoms with Crippen molar-refractivity contribution in [3.05, 3.63) is 325 Å². The van der Waals surface area contributed by atoms with Gasteiger partial charge in [-0.3, -0.25) is 9.59 Å². The van der Waals surface area contributed by atoms with Gasteiger partial charge in [-0.15, -0.1) is 0 Å². The predicted molar refractivity (Wildman–Crippen MR) is 565 cm³/mol. The van der Waals surface area contributed by atoms with Crippen molar-refractivity contribution in [2.45, 2.75) is 206 Å². The molecule has 3 unspecified atom stereocenters. The van der Waals surface area contributed by atoms with Crippen LogP contribution in [0.25, 0.3) is 87.0 Å². The van der Waals surface area contributed by atoms with E-state index in [1.54, 1.807) is 19.2 Å². The standard InChI is InChI=1S/C46H46F4N2O4.C45H45F3N2O4.C29H29N3O4/c1-7-9-12-31(8-2)25-52-40-20-17-33(42(51-56-30(6)53)32-15-18-34(19-16-32)55-26-46(49,50)45(47)48)23-37(40)38-24-39(35-13-10-11-14-36(35)43(38)52)44(54)41-28(4)21-27(3)22-29(41)5;1-7-9-12-31(8-2)25-50-40-20-17-33(42(49-54-30(6)51)32-15-18-34(19-16-32)53-26-45(46,47)48)23-37(40)38-24-39(35-13-10-11-14-36(35)43(38)50)44(52)41-28(4)21-27(3)22-29(41)5;1-6-32-27-11-7-21(16-30)14-25(27)26-15-22(8-12-28(26)32)29(31-36-20(4)33)24-10-9-23(13-18(24)2)35-19(3)17-34-5/h10-11,13-24,31,45H,7-9,12,25-26H2,1-6H3;10-11,13-24,31H,7-9,12,25-26H2,1-6H3;7-15,19H,6,17H2,1-5H3/b51-42-;49-42-;31-29+. The summed E-state index contributed by atoms with van der Waals surface area (Å²) in [7, 11) is 1.64. The molecular weight excluding hydrogens is 1860 g/mol. The molecule has 0 spiro atoms. The number of alkyl halides is 7. The molecule has 3 heterocycles. The van der Waals surface area contributed by atoms with Crippen molar-refractivity contribution in [3.8, 4) is 23.3 Å². The Bertz CT molecular complexity index is 7730. The molecule has 0 aliphatic rings. The predicted octanol–water partition coefficient (Wildman–Crippen LogP) is 29.2.